The van der Waals surface area contributed by atoms with Gasteiger partial charge in [0.1, 0.15) is 0 Å². The molecule has 0 aliphatic heterocycles. The topological polar surface area (TPSA) is 36.4 Å². The molecule has 0 spiro atoms. The summed E-state index contributed by atoms with van der Waals surface area (Å²) < 4.78 is 0. The number of hydrogen-bond donors (Lipinski definition) is 1. The van der Waals surface area contributed by atoms with Crippen LogP contribution in [-0.2, 0) is 6.61 Å². The third-order valence-electron chi connectivity index (χ3n) is 3.06. The van der Waals surface area contributed by atoms with E-state index in [9.17, 15) is 5.11 Å². The van der Waals surface area contributed by atoms with Gasteiger partial charge in [-0.05, 0) is 25.3 Å². The van der Waals surface area contributed by atoms with E-state index in [-0.39, 0.29) is 6.61 Å². The maximum absolute atomic E-state index is 9.19. The second kappa shape index (κ2) is 3.96. The first kappa shape index (κ1) is 9.46. The highest BCUT2D eigenvalue weighted by Gasteiger charge is 2.23. The molecule has 0 radical (unpaired) electrons. The summed E-state index contributed by atoms with van der Waals surface area (Å²) in [4.78, 5) is 6.34. The van der Waals surface area contributed by atoms with Crippen LogP contribution in [0.4, 0.5) is 5.69 Å². The van der Waals surface area contributed by atoms with Crippen molar-refractivity contribution in [2.24, 2.45) is 0 Å². The van der Waals surface area contributed by atoms with Crippen molar-refractivity contribution >= 4 is 5.69 Å². The van der Waals surface area contributed by atoms with E-state index in [1.54, 1.807) is 6.20 Å². The zero-order chi connectivity index (χ0) is 9.97. The largest absolute Gasteiger partial charge is 0.392 e. The molecule has 76 valence electrons. The fraction of sp³-hybridized carbons (Fsp3) is 0.545. The second-order valence-corrected chi connectivity index (χ2v) is 3.86. The number of nitrogens with zero attached hydrogens (tertiary/aromatic N) is 2. The Bertz CT molecular complexity index is 310. The molecule has 3 nitrogen and oxygen atoms in total. The molecule has 0 aromatic carbocycles. The van der Waals surface area contributed by atoms with Crippen LogP contribution >= 0.6 is 0 Å². The highest BCUT2D eigenvalue weighted by Crippen LogP contribution is 2.29. The first-order valence-electron chi connectivity index (χ1n) is 5.09. The molecule has 3 heteroatoms. The Kier molecular flexibility index (Phi) is 2.68. The molecule has 0 atom stereocenters. The van der Waals surface area contributed by atoms with Crippen LogP contribution in [0.3, 0.4) is 0 Å². The van der Waals surface area contributed by atoms with Crippen molar-refractivity contribution in [3.05, 3.63) is 24.0 Å². The van der Waals surface area contributed by atoms with Crippen molar-refractivity contribution in [3.8, 4) is 0 Å². The predicted octanol–water partition coefficient (Wildman–Crippen LogP) is 1.56. The van der Waals surface area contributed by atoms with Crippen molar-refractivity contribution in [1.82, 2.24) is 4.98 Å². The van der Waals surface area contributed by atoms with Gasteiger partial charge < -0.3 is 10.0 Å². The Labute approximate surface area is 84.4 Å². The standard InChI is InChI=1S/C11H16N2O/c1-13(10-3-2-4-10)11-7-12-6-5-9(11)8-14/h5-7,10,14H,2-4,8H2,1H3. The Morgan fingerprint density at radius 1 is 1.57 bits per heavy atom. The summed E-state index contributed by atoms with van der Waals surface area (Å²) in [5.74, 6) is 0. The van der Waals surface area contributed by atoms with Gasteiger partial charge in [-0.25, -0.2) is 0 Å². The molecular formula is C11H16N2O. The monoisotopic (exact) mass is 192 g/mol. The number of aliphatic hydroxyl groups excluding tert-OH is 1. The number of aromatic nitrogens is 1. The van der Waals surface area contributed by atoms with Gasteiger partial charge in [-0.15, -0.1) is 0 Å². The molecule has 1 saturated carbocycles. The number of aliphatic hydroxyl groups is 1. The van der Waals surface area contributed by atoms with Crippen molar-refractivity contribution in [2.75, 3.05) is 11.9 Å². The molecular weight excluding hydrogens is 176 g/mol. The summed E-state index contributed by atoms with van der Waals surface area (Å²) >= 11 is 0. The SMILES string of the molecule is CN(c1cnccc1CO)C1CCC1. The summed E-state index contributed by atoms with van der Waals surface area (Å²) in [6.45, 7) is 0.0922. The van der Waals surface area contributed by atoms with Crippen LogP contribution in [0, 0.1) is 0 Å². The molecule has 2 rings (SSSR count). The van der Waals surface area contributed by atoms with Gasteiger partial charge >= 0.3 is 0 Å². The number of pyridine rings is 1. The molecule has 1 aromatic heterocycles. The van der Waals surface area contributed by atoms with Gasteiger partial charge in [0, 0.05) is 24.8 Å². The Hall–Kier alpha value is -1.09. The molecule has 1 fully saturated rings. The minimum absolute atomic E-state index is 0.0922. The maximum Gasteiger partial charge on any atom is 0.0703 e. The molecule has 1 aliphatic carbocycles. The van der Waals surface area contributed by atoms with E-state index >= 15 is 0 Å². The summed E-state index contributed by atoms with van der Waals surface area (Å²) in [7, 11) is 2.08. The molecule has 14 heavy (non-hydrogen) atoms. The summed E-state index contributed by atoms with van der Waals surface area (Å²) in [5, 5.41) is 9.19. The lowest BCUT2D eigenvalue weighted by molar-refractivity contribution is 0.281. The lowest BCUT2D eigenvalue weighted by Crippen LogP contribution is -2.37. The van der Waals surface area contributed by atoms with E-state index < -0.39 is 0 Å². The smallest absolute Gasteiger partial charge is 0.0703 e. The quantitative estimate of drug-likeness (QED) is 0.789. The van der Waals surface area contributed by atoms with Gasteiger partial charge in [0.2, 0.25) is 0 Å². The molecule has 0 amide bonds. The van der Waals surface area contributed by atoms with Crippen LogP contribution in [0.2, 0.25) is 0 Å². The average Bonchev–Trinajstić information content (AvgIpc) is 2.15. The normalized spacial score (nSPS) is 16.4. The van der Waals surface area contributed by atoms with Crippen LogP contribution in [0.15, 0.2) is 18.5 Å². The van der Waals surface area contributed by atoms with Crippen molar-refractivity contribution in [3.63, 3.8) is 0 Å². The third kappa shape index (κ3) is 1.60. The van der Waals surface area contributed by atoms with E-state index in [0.29, 0.717) is 6.04 Å². The summed E-state index contributed by atoms with van der Waals surface area (Å²) in [5.41, 5.74) is 2.04. The van der Waals surface area contributed by atoms with Gasteiger partial charge in [-0.3, -0.25) is 4.98 Å². The summed E-state index contributed by atoms with van der Waals surface area (Å²) in [6.07, 6.45) is 7.41. The van der Waals surface area contributed by atoms with Gasteiger partial charge in [0.25, 0.3) is 0 Å². The zero-order valence-electron chi connectivity index (χ0n) is 8.48. The Morgan fingerprint density at radius 2 is 2.36 bits per heavy atom. The van der Waals surface area contributed by atoms with Gasteiger partial charge in [0.05, 0.1) is 18.5 Å². The summed E-state index contributed by atoms with van der Waals surface area (Å²) in [6, 6.07) is 2.52. The highest BCUT2D eigenvalue weighted by molar-refractivity contribution is 5.51. The number of anilines is 1. The molecule has 1 aromatic rings. The van der Waals surface area contributed by atoms with Crippen LogP contribution in [-0.4, -0.2) is 23.2 Å². The number of rotatable bonds is 3. The minimum Gasteiger partial charge on any atom is -0.392 e. The predicted molar refractivity (Wildman–Crippen MR) is 56.2 cm³/mol. The fourth-order valence-corrected chi connectivity index (χ4v) is 1.84. The van der Waals surface area contributed by atoms with Gasteiger partial charge in [-0.1, -0.05) is 0 Å². The van der Waals surface area contributed by atoms with Gasteiger partial charge in [0.15, 0.2) is 0 Å². The third-order valence-corrected chi connectivity index (χ3v) is 3.06. The molecule has 0 unspecified atom stereocenters. The Morgan fingerprint density at radius 3 is 2.93 bits per heavy atom. The number of hydrogen-bond acceptors (Lipinski definition) is 3. The van der Waals surface area contributed by atoms with E-state index in [1.165, 1.54) is 19.3 Å². The van der Waals surface area contributed by atoms with Crippen LogP contribution in [0.5, 0.6) is 0 Å². The Balaban J connectivity index is 2.20. The fourth-order valence-electron chi connectivity index (χ4n) is 1.84. The highest BCUT2D eigenvalue weighted by atomic mass is 16.3. The van der Waals surface area contributed by atoms with Crippen LogP contribution in [0.1, 0.15) is 24.8 Å². The molecule has 1 N–H and O–H groups in total. The first-order valence-corrected chi connectivity index (χ1v) is 5.09. The molecule has 0 bridgehead atoms. The molecule has 1 aliphatic rings. The lowest BCUT2D eigenvalue weighted by Gasteiger charge is -2.37. The lowest BCUT2D eigenvalue weighted by atomic mass is 9.91. The van der Waals surface area contributed by atoms with Crippen LogP contribution < -0.4 is 4.90 Å². The van der Waals surface area contributed by atoms with Crippen molar-refractivity contribution in [2.45, 2.75) is 31.9 Å². The maximum atomic E-state index is 9.19. The van der Waals surface area contributed by atoms with E-state index in [0.717, 1.165) is 11.3 Å². The second-order valence-electron chi connectivity index (χ2n) is 3.86. The van der Waals surface area contributed by atoms with Gasteiger partial charge in [-0.2, -0.15) is 0 Å². The first-order chi connectivity index (χ1) is 6.83. The molecule has 1 heterocycles. The van der Waals surface area contributed by atoms with Crippen molar-refractivity contribution < 1.29 is 5.11 Å². The van der Waals surface area contributed by atoms with E-state index in [2.05, 4.69) is 16.9 Å². The van der Waals surface area contributed by atoms with E-state index in [1.807, 2.05) is 12.3 Å². The average molecular weight is 192 g/mol. The molecule has 0 saturated heterocycles. The van der Waals surface area contributed by atoms with Crippen molar-refractivity contribution in [1.29, 1.82) is 0 Å². The zero-order valence-corrected chi connectivity index (χ0v) is 8.48. The minimum atomic E-state index is 0.0922. The van der Waals surface area contributed by atoms with E-state index in [4.69, 9.17) is 0 Å². The van der Waals surface area contributed by atoms with Crippen LogP contribution in [0.25, 0.3) is 0 Å².